The Morgan fingerprint density at radius 1 is 1.32 bits per heavy atom. The standard InChI is InChI=1S/C16H16N4O2/c1-22-13-4-2-11(3-5-13)14-8-12(9-17)16(19-14)20-7-6-18-15(21)10-20/h2-5,8,19H,6-7,10H2,1H3,(H,18,21). The van der Waals surface area contributed by atoms with Crippen LogP contribution in [0.1, 0.15) is 5.56 Å². The largest absolute Gasteiger partial charge is 0.497 e. The van der Waals surface area contributed by atoms with Crippen molar-refractivity contribution in [1.82, 2.24) is 10.3 Å². The van der Waals surface area contributed by atoms with Crippen LogP contribution in [0.25, 0.3) is 11.3 Å². The van der Waals surface area contributed by atoms with Gasteiger partial charge in [-0.25, -0.2) is 0 Å². The second kappa shape index (κ2) is 5.82. The van der Waals surface area contributed by atoms with E-state index in [9.17, 15) is 10.1 Å². The van der Waals surface area contributed by atoms with Gasteiger partial charge in [0.05, 0.1) is 19.2 Å². The Morgan fingerprint density at radius 2 is 2.09 bits per heavy atom. The summed E-state index contributed by atoms with van der Waals surface area (Å²) in [6.45, 7) is 1.53. The summed E-state index contributed by atoms with van der Waals surface area (Å²) in [6.07, 6.45) is 0. The van der Waals surface area contributed by atoms with Crippen LogP contribution >= 0.6 is 0 Å². The highest BCUT2D eigenvalue weighted by atomic mass is 16.5. The third kappa shape index (κ3) is 2.61. The van der Waals surface area contributed by atoms with Crippen LogP contribution in [0.5, 0.6) is 5.75 Å². The van der Waals surface area contributed by atoms with E-state index in [2.05, 4.69) is 16.4 Å². The number of aromatic amines is 1. The Kier molecular flexibility index (Phi) is 3.71. The van der Waals surface area contributed by atoms with Gasteiger partial charge in [-0.3, -0.25) is 4.79 Å². The maximum absolute atomic E-state index is 11.5. The van der Waals surface area contributed by atoms with Gasteiger partial charge in [0.1, 0.15) is 17.6 Å². The second-order valence-corrected chi connectivity index (χ2v) is 5.06. The van der Waals surface area contributed by atoms with Gasteiger partial charge in [0.25, 0.3) is 0 Å². The van der Waals surface area contributed by atoms with E-state index < -0.39 is 0 Å². The van der Waals surface area contributed by atoms with Crippen LogP contribution in [0.2, 0.25) is 0 Å². The minimum atomic E-state index is -0.0317. The van der Waals surface area contributed by atoms with Gasteiger partial charge >= 0.3 is 0 Å². The first-order valence-electron chi connectivity index (χ1n) is 7.00. The van der Waals surface area contributed by atoms with E-state index in [0.29, 0.717) is 24.5 Å². The number of nitriles is 1. The first-order chi connectivity index (χ1) is 10.7. The van der Waals surface area contributed by atoms with Crippen molar-refractivity contribution in [1.29, 1.82) is 5.26 Å². The van der Waals surface area contributed by atoms with E-state index >= 15 is 0 Å². The molecule has 0 bridgehead atoms. The van der Waals surface area contributed by atoms with E-state index in [1.165, 1.54) is 0 Å². The van der Waals surface area contributed by atoms with Gasteiger partial charge in [-0.2, -0.15) is 5.26 Å². The number of hydrogen-bond acceptors (Lipinski definition) is 4. The number of carbonyl (C=O) groups excluding carboxylic acids is 1. The second-order valence-electron chi connectivity index (χ2n) is 5.06. The van der Waals surface area contributed by atoms with Crippen molar-refractivity contribution >= 4 is 11.7 Å². The summed E-state index contributed by atoms with van der Waals surface area (Å²) in [5.41, 5.74) is 2.35. The Labute approximate surface area is 128 Å². The molecule has 2 N–H and O–H groups in total. The molecular formula is C16H16N4O2. The van der Waals surface area contributed by atoms with Gasteiger partial charge in [-0.1, -0.05) is 0 Å². The molecule has 0 saturated carbocycles. The molecule has 6 nitrogen and oxygen atoms in total. The monoisotopic (exact) mass is 296 g/mol. The summed E-state index contributed by atoms with van der Waals surface area (Å²) >= 11 is 0. The molecule has 0 unspecified atom stereocenters. The summed E-state index contributed by atoms with van der Waals surface area (Å²) in [5, 5.41) is 12.1. The zero-order valence-corrected chi connectivity index (χ0v) is 12.2. The number of amides is 1. The number of methoxy groups -OCH3 is 1. The fourth-order valence-corrected chi connectivity index (χ4v) is 2.53. The average molecular weight is 296 g/mol. The summed E-state index contributed by atoms with van der Waals surface area (Å²) in [5.74, 6) is 1.45. The normalized spacial score (nSPS) is 14.4. The quantitative estimate of drug-likeness (QED) is 0.899. The molecule has 1 saturated heterocycles. The molecule has 112 valence electrons. The fourth-order valence-electron chi connectivity index (χ4n) is 2.53. The van der Waals surface area contributed by atoms with E-state index in [-0.39, 0.29) is 12.5 Å². The number of piperazine rings is 1. The number of nitrogens with zero attached hydrogens (tertiary/aromatic N) is 2. The molecule has 1 aromatic carbocycles. The molecule has 0 aliphatic carbocycles. The molecule has 0 radical (unpaired) electrons. The Hall–Kier alpha value is -2.94. The first kappa shape index (κ1) is 14.0. The molecule has 6 heteroatoms. The van der Waals surface area contributed by atoms with Crippen molar-refractivity contribution in [3.05, 3.63) is 35.9 Å². The number of nitrogens with one attached hydrogen (secondary N) is 2. The molecule has 2 aromatic rings. The molecule has 1 aromatic heterocycles. The number of hydrogen-bond donors (Lipinski definition) is 2. The molecule has 0 atom stereocenters. The Morgan fingerprint density at radius 3 is 2.73 bits per heavy atom. The lowest BCUT2D eigenvalue weighted by Gasteiger charge is -2.27. The highest BCUT2D eigenvalue weighted by Gasteiger charge is 2.21. The number of rotatable bonds is 3. The SMILES string of the molecule is COc1ccc(-c2cc(C#N)c(N3CCNC(=O)C3)[nH]2)cc1. The molecule has 2 heterocycles. The van der Waals surface area contributed by atoms with Crippen molar-refractivity contribution < 1.29 is 9.53 Å². The van der Waals surface area contributed by atoms with Crippen LogP contribution < -0.4 is 15.0 Å². The molecular weight excluding hydrogens is 280 g/mol. The van der Waals surface area contributed by atoms with Gasteiger partial charge in [0.2, 0.25) is 5.91 Å². The Balaban J connectivity index is 1.93. The topological polar surface area (TPSA) is 81.2 Å². The van der Waals surface area contributed by atoms with Crippen molar-refractivity contribution in [3.8, 4) is 23.1 Å². The van der Waals surface area contributed by atoms with Gasteiger partial charge in [0.15, 0.2) is 0 Å². The summed E-state index contributed by atoms with van der Waals surface area (Å²) in [4.78, 5) is 16.7. The molecule has 0 spiro atoms. The Bertz CT molecular complexity index is 728. The van der Waals surface area contributed by atoms with E-state index in [1.807, 2.05) is 35.2 Å². The fraction of sp³-hybridized carbons (Fsp3) is 0.250. The van der Waals surface area contributed by atoms with Crippen molar-refractivity contribution in [2.24, 2.45) is 0 Å². The summed E-state index contributed by atoms with van der Waals surface area (Å²) < 4.78 is 5.15. The number of anilines is 1. The van der Waals surface area contributed by atoms with E-state index in [1.54, 1.807) is 7.11 Å². The maximum atomic E-state index is 11.5. The third-order valence-corrected chi connectivity index (χ3v) is 3.67. The lowest BCUT2D eigenvalue weighted by molar-refractivity contribution is -0.120. The molecule has 1 aliphatic rings. The molecule has 22 heavy (non-hydrogen) atoms. The number of ether oxygens (including phenoxy) is 1. The minimum absolute atomic E-state index is 0.0317. The van der Waals surface area contributed by atoms with Gasteiger partial charge in [-0.15, -0.1) is 0 Å². The van der Waals surface area contributed by atoms with Crippen LogP contribution in [0, 0.1) is 11.3 Å². The smallest absolute Gasteiger partial charge is 0.239 e. The zero-order valence-electron chi connectivity index (χ0n) is 12.2. The molecule has 1 amide bonds. The van der Waals surface area contributed by atoms with Crippen molar-refractivity contribution in [2.45, 2.75) is 0 Å². The van der Waals surface area contributed by atoms with Crippen molar-refractivity contribution in [3.63, 3.8) is 0 Å². The molecule has 1 aliphatic heterocycles. The predicted molar refractivity (Wildman–Crippen MR) is 82.7 cm³/mol. The van der Waals surface area contributed by atoms with Crippen LogP contribution in [0.3, 0.4) is 0 Å². The van der Waals surface area contributed by atoms with Crippen molar-refractivity contribution in [2.75, 3.05) is 31.6 Å². The highest BCUT2D eigenvalue weighted by molar-refractivity contribution is 5.83. The minimum Gasteiger partial charge on any atom is -0.497 e. The average Bonchev–Trinajstić information content (AvgIpc) is 2.99. The first-order valence-corrected chi connectivity index (χ1v) is 7.00. The third-order valence-electron chi connectivity index (χ3n) is 3.67. The summed E-state index contributed by atoms with van der Waals surface area (Å²) in [7, 11) is 1.62. The van der Waals surface area contributed by atoms with Gasteiger partial charge < -0.3 is 19.9 Å². The number of H-pyrrole nitrogens is 1. The van der Waals surface area contributed by atoms with Gasteiger partial charge in [-0.05, 0) is 35.9 Å². The lowest BCUT2D eigenvalue weighted by Crippen LogP contribution is -2.48. The van der Waals surface area contributed by atoms with Crippen LogP contribution in [0.15, 0.2) is 30.3 Å². The predicted octanol–water partition coefficient (Wildman–Crippen LogP) is 1.50. The lowest BCUT2D eigenvalue weighted by atomic mass is 10.1. The summed E-state index contributed by atoms with van der Waals surface area (Å²) in [6, 6.07) is 11.6. The molecule has 1 fully saturated rings. The number of benzene rings is 1. The zero-order chi connectivity index (χ0) is 15.5. The van der Waals surface area contributed by atoms with Crippen LogP contribution in [0.4, 0.5) is 5.82 Å². The van der Waals surface area contributed by atoms with Crippen LogP contribution in [-0.2, 0) is 4.79 Å². The number of aromatic nitrogens is 1. The number of carbonyl (C=O) groups is 1. The van der Waals surface area contributed by atoms with E-state index in [4.69, 9.17) is 4.74 Å². The van der Waals surface area contributed by atoms with E-state index in [0.717, 1.165) is 17.0 Å². The molecule has 3 rings (SSSR count). The van der Waals surface area contributed by atoms with Crippen LogP contribution in [-0.4, -0.2) is 37.6 Å². The highest BCUT2D eigenvalue weighted by Crippen LogP contribution is 2.28. The maximum Gasteiger partial charge on any atom is 0.239 e. The van der Waals surface area contributed by atoms with Gasteiger partial charge in [0, 0.05) is 18.8 Å².